The summed E-state index contributed by atoms with van der Waals surface area (Å²) < 4.78 is 1.06. The van der Waals surface area contributed by atoms with E-state index in [-0.39, 0.29) is 11.7 Å². The number of aromatic hydroxyl groups is 1. The molecule has 96 valence electrons. The van der Waals surface area contributed by atoms with Crippen LogP contribution < -0.4 is 5.43 Å². The van der Waals surface area contributed by atoms with E-state index >= 15 is 0 Å². The van der Waals surface area contributed by atoms with Gasteiger partial charge >= 0.3 is 0 Å². The first-order chi connectivity index (χ1) is 9.16. The van der Waals surface area contributed by atoms with Crippen LogP contribution in [0.4, 0.5) is 0 Å². The maximum absolute atomic E-state index is 11.7. The average Bonchev–Trinajstić information content (AvgIpc) is 2.41. The van der Waals surface area contributed by atoms with Gasteiger partial charge in [0.25, 0.3) is 5.91 Å². The molecule has 1 amide bonds. The summed E-state index contributed by atoms with van der Waals surface area (Å²) in [5.41, 5.74) is 3.82. The molecule has 2 rings (SSSR count). The van der Waals surface area contributed by atoms with Crippen LogP contribution in [-0.4, -0.2) is 17.2 Å². The molecule has 0 aromatic heterocycles. The lowest BCUT2D eigenvalue weighted by molar-refractivity contribution is 0.0955. The molecule has 19 heavy (non-hydrogen) atoms. The number of nitrogens with zero attached hydrogens (tertiary/aromatic N) is 1. The van der Waals surface area contributed by atoms with Gasteiger partial charge < -0.3 is 5.11 Å². The SMILES string of the molecule is O=C(NN=Cc1ccccc1I)c1ccc(O)cc1. The molecule has 0 radical (unpaired) electrons. The van der Waals surface area contributed by atoms with Gasteiger partial charge in [0.15, 0.2) is 0 Å². The number of hydrogen-bond donors (Lipinski definition) is 2. The van der Waals surface area contributed by atoms with E-state index in [2.05, 4.69) is 33.1 Å². The van der Waals surface area contributed by atoms with Gasteiger partial charge in [-0.3, -0.25) is 4.79 Å². The molecule has 0 saturated heterocycles. The highest BCUT2D eigenvalue weighted by atomic mass is 127. The summed E-state index contributed by atoms with van der Waals surface area (Å²) in [4.78, 5) is 11.7. The van der Waals surface area contributed by atoms with E-state index in [1.807, 2.05) is 24.3 Å². The van der Waals surface area contributed by atoms with Crippen molar-refractivity contribution >= 4 is 34.7 Å². The number of carbonyl (C=O) groups excluding carboxylic acids is 1. The molecule has 4 nitrogen and oxygen atoms in total. The zero-order valence-corrected chi connectivity index (χ0v) is 12.0. The standard InChI is InChI=1S/C14H11IN2O2/c15-13-4-2-1-3-11(13)9-16-17-14(19)10-5-7-12(18)8-6-10/h1-9,18H,(H,17,19). The minimum Gasteiger partial charge on any atom is -0.508 e. The highest BCUT2D eigenvalue weighted by Crippen LogP contribution is 2.10. The first-order valence-corrected chi connectivity index (χ1v) is 6.61. The molecule has 0 fully saturated rings. The Hall–Kier alpha value is -1.89. The topological polar surface area (TPSA) is 61.7 Å². The number of hydrazone groups is 1. The molecular weight excluding hydrogens is 355 g/mol. The van der Waals surface area contributed by atoms with Crippen LogP contribution in [0.3, 0.4) is 0 Å². The molecule has 0 atom stereocenters. The summed E-state index contributed by atoms with van der Waals surface area (Å²) >= 11 is 2.20. The van der Waals surface area contributed by atoms with Crippen LogP contribution in [0.15, 0.2) is 53.6 Å². The van der Waals surface area contributed by atoms with Crippen molar-refractivity contribution in [2.75, 3.05) is 0 Å². The van der Waals surface area contributed by atoms with E-state index in [1.165, 1.54) is 24.3 Å². The van der Waals surface area contributed by atoms with Crippen LogP contribution in [0.2, 0.25) is 0 Å². The summed E-state index contributed by atoms with van der Waals surface area (Å²) in [6.07, 6.45) is 1.60. The van der Waals surface area contributed by atoms with Crippen molar-refractivity contribution < 1.29 is 9.90 Å². The fourth-order valence-corrected chi connectivity index (χ4v) is 1.94. The lowest BCUT2D eigenvalue weighted by atomic mass is 10.2. The van der Waals surface area contributed by atoms with Gasteiger partial charge in [0, 0.05) is 14.7 Å². The number of phenolic OH excluding ortho intramolecular Hbond substituents is 1. The van der Waals surface area contributed by atoms with Crippen LogP contribution in [-0.2, 0) is 0 Å². The first-order valence-electron chi connectivity index (χ1n) is 5.54. The molecule has 0 unspecified atom stereocenters. The van der Waals surface area contributed by atoms with Gasteiger partial charge in [0.2, 0.25) is 0 Å². The zero-order valence-electron chi connectivity index (χ0n) is 9.88. The molecule has 0 heterocycles. The number of hydrogen-bond acceptors (Lipinski definition) is 3. The third kappa shape index (κ3) is 3.78. The highest BCUT2D eigenvalue weighted by Gasteiger charge is 2.03. The van der Waals surface area contributed by atoms with Gasteiger partial charge in [-0.25, -0.2) is 5.43 Å². The van der Waals surface area contributed by atoms with Crippen molar-refractivity contribution in [3.05, 3.63) is 63.2 Å². The zero-order chi connectivity index (χ0) is 13.7. The molecule has 5 heteroatoms. The summed E-state index contributed by atoms with van der Waals surface area (Å²) in [6, 6.07) is 13.7. The first kappa shape index (κ1) is 13.5. The molecule has 0 aliphatic heterocycles. The van der Waals surface area contributed by atoms with E-state index in [1.54, 1.807) is 6.21 Å². The van der Waals surface area contributed by atoms with Crippen LogP contribution in [0, 0.1) is 3.57 Å². The number of halogens is 1. The monoisotopic (exact) mass is 366 g/mol. The third-order valence-electron chi connectivity index (χ3n) is 2.40. The van der Waals surface area contributed by atoms with Crippen molar-refractivity contribution in [3.8, 4) is 5.75 Å². The molecule has 0 aliphatic carbocycles. The van der Waals surface area contributed by atoms with Crippen LogP contribution in [0.5, 0.6) is 5.75 Å². The Balaban J connectivity index is 2.01. The Morgan fingerprint density at radius 2 is 1.84 bits per heavy atom. The molecule has 0 bridgehead atoms. The molecule has 2 aromatic rings. The number of benzene rings is 2. The van der Waals surface area contributed by atoms with E-state index in [4.69, 9.17) is 5.11 Å². The van der Waals surface area contributed by atoms with E-state index < -0.39 is 0 Å². The van der Waals surface area contributed by atoms with Crippen molar-refractivity contribution in [1.29, 1.82) is 0 Å². The highest BCUT2D eigenvalue weighted by molar-refractivity contribution is 14.1. The normalized spacial score (nSPS) is 10.6. The smallest absolute Gasteiger partial charge is 0.271 e. The van der Waals surface area contributed by atoms with Crippen molar-refractivity contribution in [3.63, 3.8) is 0 Å². The molecule has 0 saturated carbocycles. The second kappa shape index (κ2) is 6.33. The lowest BCUT2D eigenvalue weighted by Gasteiger charge is -2.00. The molecule has 0 aliphatic rings. The average molecular weight is 366 g/mol. The lowest BCUT2D eigenvalue weighted by Crippen LogP contribution is -2.17. The summed E-state index contributed by atoms with van der Waals surface area (Å²) in [6.45, 7) is 0. The predicted octanol–water partition coefficient (Wildman–Crippen LogP) is 2.76. The molecule has 2 N–H and O–H groups in total. The van der Waals surface area contributed by atoms with E-state index in [0.29, 0.717) is 5.56 Å². The Kier molecular flexibility index (Phi) is 4.51. The van der Waals surface area contributed by atoms with Crippen LogP contribution >= 0.6 is 22.6 Å². The molecule has 2 aromatic carbocycles. The van der Waals surface area contributed by atoms with Crippen molar-refractivity contribution in [2.45, 2.75) is 0 Å². The van der Waals surface area contributed by atoms with Crippen LogP contribution in [0.1, 0.15) is 15.9 Å². The van der Waals surface area contributed by atoms with Gasteiger partial charge in [-0.05, 0) is 52.9 Å². The summed E-state index contributed by atoms with van der Waals surface area (Å²) in [5.74, 6) is -0.193. The van der Waals surface area contributed by atoms with Gasteiger partial charge in [-0.15, -0.1) is 0 Å². The Morgan fingerprint density at radius 3 is 2.53 bits per heavy atom. The number of carbonyl (C=O) groups is 1. The fourth-order valence-electron chi connectivity index (χ4n) is 1.42. The number of phenols is 1. The van der Waals surface area contributed by atoms with E-state index in [0.717, 1.165) is 9.13 Å². The van der Waals surface area contributed by atoms with Gasteiger partial charge in [-0.1, -0.05) is 18.2 Å². The van der Waals surface area contributed by atoms with Crippen molar-refractivity contribution in [1.82, 2.24) is 5.43 Å². The number of rotatable bonds is 3. The maximum atomic E-state index is 11.7. The summed E-state index contributed by atoms with van der Waals surface area (Å²) in [5, 5.41) is 13.0. The maximum Gasteiger partial charge on any atom is 0.271 e. The Morgan fingerprint density at radius 1 is 1.16 bits per heavy atom. The molecular formula is C14H11IN2O2. The molecule has 0 spiro atoms. The van der Waals surface area contributed by atoms with Gasteiger partial charge in [0.1, 0.15) is 5.75 Å². The minimum absolute atomic E-state index is 0.124. The Labute approximate surface area is 124 Å². The number of nitrogens with one attached hydrogen (secondary N) is 1. The van der Waals surface area contributed by atoms with Crippen molar-refractivity contribution in [2.24, 2.45) is 5.10 Å². The minimum atomic E-state index is -0.317. The quantitative estimate of drug-likeness (QED) is 0.499. The summed E-state index contributed by atoms with van der Waals surface area (Å²) in [7, 11) is 0. The van der Waals surface area contributed by atoms with Gasteiger partial charge in [0.05, 0.1) is 6.21 Å². The predicted molar refractivity (Wildman–Crippen MR) is 82.3 cm³/mol. The second-order valence-electron chi connectivity index (χ2n) is 3.77. The largest absolute Gasteiger partial charge is 0.508 e. The number of amides is 1. The van der Waals surface area contributed by atoms with E-state index in [9.17, 15) is 4.79 Å². The second-order valence-corrected chi connectivity index (χ2v) is 4.93. The third-order valence-corrected chi connectivity index (χ3v) is 3.39. The Bertz CT molecular complexity index is 609. The fraction of sp³-hybridized carbons (Fsp3) is 0. The van der Waals surface area contributed by atoms with Crippen LogP contribution in [0.25, 0.3) is 0 Å². The van der Waals surface area contributed by atoms with Gasteiger partial charge in [-0.2, -0.15) is 5.10 Å².